The van der Waals surface area contributed by atoms with Crippen LogP contribution in [-0.2, 0) is 25.9 Å². The number of para-hydroxylation sites is 1. The van der Waals surface area contributed by atoms with Gasteiger partial charge in [0.1, 0.15) is 12.4 Å². The third-order valence-electron chi connectivity index (χ3n) is 5.30. The predicted molar refractivity (Wildman–Crippen MR) is 120 cm³/mol. The zero-order valence-corrected chi connectivity index (χ0v) is 19.4. The van der Waals surface area contributed by atoms with E-state index in [1.165, 1.54) is 24.0 Å². The van der Waals surface area contributed by atoms with E-state index < -0.39 is 39.4 Å². The number of benzene rings is 1. The zero-order chi connectivity index (χ0) is 24.0. The summed E-state index contributed by atoms with van der Waals surface area (Å²) in [6, 6.07) is 11.1. The molecule has 1 saturated heterocycles. The van der Waals surface area contributed by atoms with E-state index in [9.17, 15) is 22.8 Å². The third kappa shape index (κ3) is 6.41. The van der Waals surface area contributed by atoms with Crippen molar-refractivity contribution in [1.82, 2.24) is 14.7 Å². The Kier molecular flexibility index (Phi) is 7.85. The highest BCUT2D eigenvalue weighted by atomic mass is 32.2. The maximum atomic E-state index is 12.8. The van der Waals surface area contributed by atoms with Crippen molar-refractivity contribution in [2.45, 2.75) is 39.0 Å². The van der Waals surface area contributed by atoms with Crippen LogP contribution in [0, 0.1) is 0 Å². The Morgan fingerprint density at radius 1 is 1.21 bits per heavy atom. The summed E-state index contributed by atoms with van der Waals surface area (Å²) in [4.78, 5) is 38.9. The molecule has 0 saturated carbocycles. The number of rotatable bonds is 9. The molecule has 1 aromatic carbocycles. The van der Waals surface area contributed by atoms with E-state index in [0.29, 0.717) is 18.7 Å². The quantitative estimate of drug-likeness (QED) is 0.488. The largest absolute Gasteiger partial charge is 0.492 e. The van der Waals surface area contributed by atoms with Crippen LogP contribution in [0.1, 0.15) is 30.8 Å². The van der Waals surface area contributed by atoms with E-state index in [4.69, 9.17) is 9.47 Å². The van der Waals surface area contributed by atoms with Crippen molar-refractivity contribution in [2.24, 2.45) is 0 Å². The monoisotopic (exact) mass is 477 g/mol. The van der Waals surface area contributed by atoms with Crippen molar-refractivity contribution in [2.75, 3.05) is 24.7 Å². The third-order valence-corrected chi connectivity index (χ3v) is 7.05. The van der Waals surface area contributed by atoms with Crippen molar-refractivity contribution in [3.63, 3.8) is 0 Å². The topological polar surface area (TPSA) is 125 Å². The molecule has 0 spiro atoms. The molecule has 1 amide bonds. The number of nitrogens with zero attached hydrogens (tertiary/aromatic N) is 3. The molecule has 2 unspecified atom stereocenters. The molecule has 3 rings (SSSR count). The van der Waals surface area contributed by atoms with Gasteiger partial charge in [-0.15, -0.1) is 0 Å². The van der Waals surface area contributed by atoms with Crippen LogP contribution in [0.3, 0.4) is 0 Å². The van der Waals surface area contributed by atoms with E-state index in [1.54, 1.807) is 19.1 Å². The summed E-state index contributed by atoms with van der Waals surface area (Å²) in [6.45, 7) is 3.75. The molecule has 1 aliphatic rings. The lowest BCUT2D eigenvalue weighted by Gasteiger charge is -2.29. The lowest BCUT2D eigenvalue weighted by Crippen LogP contribution is -2.46. The standard InChI is InChI=1S/C22H27N3O7S/c1-3-24(17-11-14-33(29,30)15-17)21(27)16(2)32-22(28)19-9-10-20(26)25(23-19)12-13-31-18-7-5-4-6-8-18/h4-10,16-17H,3,11-15H2,1-2H3. The highest BCUT2D eigenvalue weighted by Gasteiger charge is 2.36. The first-order chi connectivity index (χ1) is 15.7. The molecular formula is C22H27N3O7S. The molecule has 0 aliphatic carbocycles. The van der Waals surface area contributed by atoms with Crippen LogP contribution in [0.5, 0.6) is 5.75 Å². The van der Waals surface area contributed by atoms with Gasteiger partial charge in [0.2, 0.25) is 0 Å². The number of ether oxygens (including phenoxy) is 2. The number of hydrogen-bond acceptors (Lipinski definition) is 8. The average Bonchev–Trinajstić information content (AvgIpc) is 3.15. The van der Waals surface area contributed by atoms with Crippen LogP contribution in [0.25, 0.3) is 0 Å². The summed E-state index contributed by atoms with van der Waals surface area (Å²) < 4.78 is 35.4. The van der Waals surface area contributed by atoms with Crippen LogP contribution in [0.2, 0.25) is 0 Å². The summed E-state index contributed by atoms with van der Waals surface area (Å²) in [5.41, 5.74) is -0.535. The number of sulfone groups is 1. The average molecular weight is 478 g/mol. The SMILES string of the molecule is CCN(C(=O)C(C)OC(=O)c1ccc(=O)n(CCOc2ccccc2)n1)C1CCS(=O)(=O)C1. The van der Waals surface area contributed by atoms with Gasteiger partial charge in [0.25, 0.3) is 11.5 Å². The molecule has 2 aromatic rings. The number of esters is 1. The molecule has 33 heavy (non-hydrogen) atoms. The second kappa shape index (κ2) is 10.6. The normalized spacial score (nSPS) is 17.8. The summed E-state index contributed by atoms with van der Waals surface area (Å²) in [5.74, 6) is -0.745. The molecule has 0 radical (unpaired) electrons. The van der Waals surface area contributed by atoms with Gasteiger partial charge in [-0.3, -0.25) is 9.59 Å². The maximum absolute atomic E-state index is 12.8. The minimum absolute atomic E-state index is 0.0368. The van der Waals surface area contributed by atoms with Crippen LogP contribution in [0.4, 0.5) is 0 Å². The van der Waals surface area contributed by atoms with E-state index in [1.807, 2.05) is 18.2 Å². The fourth-order valence-corrected chi connectivity index (χ4v) is 5.34. The Hall–Kier alpha value is -3.21. The van der Waals surface area contributed by atoms with Gasteiger partial charge in [0, 0.05) is 18.7 Å². The molecule has 0 bridgehead atoms. The summed E-state index contributed by atoms with van der Waals surface area (Å²) >= 11 is 0. The lowest BCUT2D eigenvalue weighted by molar-refractivity contribution is -0.141. The Balaban J connectivity index is 1.61. The molecule has 10 nitrogen and oxygen atoms in total. The van der Waals surface area contributed by atoms with Gasteiger partial charge in [-0.1, -0.05) is 18.2 Å². The summed E-state index contributed by atoms with van der Waals surface area (Å²) in [7, 11) is -3.16. The number of likely N-dealkylation sites (N-methyl/N-ethyl adjacent to an activating group) is 1. The van der Waals surface area contributed by atoms with Gasteiger partial charge in [-0.25, -0.2) is 17.9 Å². The molecule has 178 valence electrons. The first kappa shape index (κ1) is 24.4. The van der Waals surface area contributed by atoms with Crippen LogP contribution < -0.4 is 10.3 Å². The van der Waals surface area contributed by atoms with Gasteiger partial charge < -0.3 is 14.4 Å². The van der Waals surface area contributed by atoms with Crippen molar-refractivity contribution < 1.29 is 27.5 Å². The Morgan fingerprint density at radius 3 is 2.58 bits per heavy atom. The van der Waals surface area contributed by atoms with E-state index in [2.05, 4.69) is 5.10 Å². The molecule has 1 aliphatic heterocycles. The van der Waals surface area contributed by atoms with Crippen molar-refractivity contribution in [1.29, 1.82) is 0 Å². The smallest absolute Gasteiger partial charge is 0.359 e. The van der Waals surface area contributed by atoms with Gasteiger partial charge in [0.05, 0.1) is 18.1 Å². The second-order valence-corrected chi connectivity index (χ2v) is 9.90. The fourth-order valence-electron chi connectivity index (χ4n) is 3.60. The first-order valence-corrected chi connectivity index (χ1v) is 12.5. The van der Waals surface area contributed by atoms with E-state index >= 15 is 0 Å². The lowest BCUT2D eigenvalue weighted by atomic mass is 10.2. The van der Waals surface area contributed by atoms with E-state index in [-0.39, 0.29) is 30.4 Å². The number of carbonyl (C=O) groups excluding carboxylic acids is 2. The number of hydrogen-bond donors (Lipinski definition) is 0. The minimum atomic E-state index is -3.16. The number of aromatic nitrogens is 2. The number of carbonyl (C=O) groups is 2. The van der Waals surface area contributed by atoms with Crippen LogP contribution in [-0.4, -0.2) is 71.8 Å². The minimum Gasteiger partial charge on any atom is -0.492 e. The van der Waals surface area contributed by atoms with Crippen molar-refractivity contribution in [3.8, 4) is 5.75 Å². The molecule has 1 fully saturated rings. The zero-order valence-electron chi connectivity index (χ0n) is 18.5. The van der Waals surface area contributed by atoms with Gasteiger partial charge in [-0.2, -0.15) is 5.10 Å². The maximum Gasteiger partial charge on any atom is 0.359 e. The molecule has 2 heterocycles. The van der Waals surface area contributed by atoms with Gasteiger partial charge in [-0.05, 0) is 38.5 Å². The van der Waals surface area contributed by atoms with Gasteiger partial charge >= 0.3 is 5.97 Å². The Bertz CT molecular complexity index is 1150. The van der Waals surface area contributed by atoms with E-state index in [0.717, 1.165) is 4.68 Å². The molecule has 0 N–H and O–H groups in total. The summed E-state index contributed by atoms with van der Waals surface area (Å²) in [6.07, 6.45) is -0.774. The van der Waals surface area contributed by atoms with Gasteiger partial charge in [0.15, 0.2) is 21.6 Å². The number of amides is 1. The first-order valence-electron chi connectivity index (χ1n) is 10.7. The van der Waals surface area contributed by atoms with Crippen molar-refractivity contribution >= 4 is 21.7 Å². The van der Waals surface area contributed by atoms with Crippen LogP contribution >= 0.6 is 0 Å². The Labute approximate surface area is 192 Å². The Morgan fingerprint density at radius 2 is 1.94 bits per heavy atom. The molecule has 11 heteroatoms. The predicted octanol–water partition coefficient (Wildman–Crippen LogP) is 0.903. The highest BCUT2D eigenvalue weighted by molar-refractivity contribution is 7.91. The second-order valence-electron chi connectivity index (χ2n) is 7.67. The fraction of sp³-hybridized carbons (Fsp3) is 0.455. The molecule has 2 atom stereocenters. The van der Waals surface area contributed by atoms with Crippen LogP contribution in [0.15, 0.2) is 47.3 Å². The highest BCUT2D eigenvalue weighted by Crippen LogP contribution is 2.19. The molecular weight excluding hydrogens is 450 g/mol. The van der Waals surface area contributed by atoms with Crippen molar-refractivity contribution in [3.05, 3.63) is 58.5 Å². The summed E-state index contributed by atoms with van der Waals surface area (Å²) in [5, 5.41) is 4.02. The molecule has 1 aromatic heterocycles.